The van der Waals surface area contributed by atoms with Crippen LogP contribution in [0.25, 0.3) is 0 Å². The summed E-state index contributed by atoms with van der Waals surface area (Å²) in [5.41, 5.74) is 0. The highest BCUT2D eigenvalue weighted by molar-refractivity contribution is 5.69. The average molecular weight is 381 g/mol. The lowest BCUT2D eigenvalue weighted by Gasteiger charge is -2.03. The number of rotatable bonds is 21. The van der Waals surface area contributed by atoms with Crippen LogP contribution in [0.15, 0.2) is 12.2 Å². The molecule has 0 aromatic rings. The lowest BCUT2D eigenvalue weighted by atomic mass is 10.1. The van der Waals surface area contributed by atoms with Crippen molar-refractivity contribution in [1.29, 1.82) is 0 Å². The Morgan fingerprint density at radius 3 is 1.52 bits per heavy atom. The van der Waals surface area contributed by atoms with Crippen molar-refractivity contribution in [2.24, 2.45) is 0 Å². The van der Waals surface area contributed by atoms with Crippen LogP contribution in [0.2, 0.25) is 0 Å². The first-order valence-electron chi connectivity index (χ1n) is 12.1. The summed E-state index contributed by atoms with van der Waals surface area (Å²) in [5.74, 6) is -0.0159. The van der Waals surface area contributed by atoms with Gasteiger partial charge in [-0.15, -0.1) is 0 Å². The summed E-state index contributed by atoms with van der Waals surface area (Å²) in [6.07, 6.45) is 28.9. The van der Waals surface area contributed by atoms with Crippen molar-refractivity contribution in [3.05, 3.63) is 12.2 Å². The summed E-state index contributed by atoms with van der Waals surface area (Å²) in [7, 11) is 0. The van der Waals surface area contributed by atoms with Crippen LogP contribution in [0.1, 0.15) is 136 Å². The van der Waals surface area contributed by atoms with Crippen molar-refractivity contribution in [2.75, 3.05) is 6.61 Å². The molecule has 27 heavy (non-hydrogen) atoms. The van der Waals surface area contributed by atoms with Crippen molar-refractivity contribution < 1.29 is 9.53 Å². The van der Waals surface area contributed by atoms with Gasteiger partial charge < -0.3 is 4.74 Å². The zero-order chi connectivity index (χ0) is 19.8. The van der Waals surface area contributed by atoms with E-state index in [9.17, 15) is 4.79 Å². The summed E-state index contributed by atoms with van der Waals surface area (Å²) >= 11 is 0. The topological polar surface area (TPSA) is 26.3 Å². The largest absolute Gasteiger partial charge is 0.466 e. The summed E-state index contributed by atoms with van der Waals surface area (Å²) < 4.78 is 5.08. The highest BCUT2D eigenvalue weighted by Gasteiger charge is 2.01. The Hall–Kier alpha value is -0.790. The second kappa shape index (κ2) is 23.2. The SMILES string of the molecule is CCCCCCCC/C=C\CCCCCCCCCCCC(=O)OCCC. The second-order valence-electron chi connectivity index (χ2n) is 7.97. The third-order valence-corrected chi connectivity index (χ3v) is 5.11. The van der Waals surface area contributed by atoms with Crippen LogP contribution in [0, 0.1) is 0 Å². The molecule has 0 aliphatic heterocycles. The standard InChI is InChI=1S/C25H48O2/c1-3-5-6-7-8-9-10-11-12-13-14-15-16-17-18-19-20-21-22-23-25(26)27-24-4-2/h11-12H,3-10,13-24H2,1-2H3/b12-11-. The summed E-state index contributed by atoms with van der Waals surface area (Å²) in [6, 6.07) is 0. The van der Waals surface area contributed by atoms with E-state index in [0.717, 1.165) is 12.8 Å². The zero-order valence-corrected chi connectivity index (χ0v) is 18.6. The number of hydrogen-bond donors (Lipinski definition) is 0. The van der Waals surface area contributed by atoms with Gasteiger partial charge in [0.2, 0.25) is 0 Å². The molecular formula is C25H48O2. The molecule has 160 valence electrons. The highest BCUT2D eigenvalue weighted by atomic mass is 16.5. The third kappa shape index (κ3) is 23.2. The first kappa shape index (κ1) is 26.2. The minimum Gasteiger partial charge on any atom is -0.466 e. The maximum Gasteiger partial charge on any atom is 0.305 e. The van der Waals surface area contributed by atoms with Gasteiger partial charge in [0.1, 0.15) is 0 Å². The number of allylic oxidation sites excluding steroid dienone is 2. The molecule has 0 radical (unpaired) electrons. The molecule has 2 heteroatoms. The first-order chi connectivity index (χ1) is 13.3. The molecule has 0 heterocycles. The Balaban J connectivity index is 3.12. The number of esters is 1. The predicted molar refractivity (Wildman–Crippen MR) is 119 cm³/mol. The first-order valence-corrected chi connectivity index (χ1v) is 12.1. The van der Waals surface area contributed by atoms with Gasteiger partial charge in [-0.1, -0.05) is 103 Å². The molecule has 0 aromatic carbocycles. The van der Waals surface area contributed by atoms with E-state index >= 15 is 0 Å². The molecule has 0 aliphatic rings. The van der Waals surface area contributed by atoms with Crippen LogP contribution in [-0.2, 0) is 9.53 Å². The Bertz CT molecular complexity index is 322. The van der Waals surface area contributed by atoms with Gasteiger partial charge in [-0.2, -0.15) is 0 Å². The van der Waals surface area contributed by atoms with Gasteiger partial charge in [0, 0.05) is 6.42 Å². The minimum absolute atomic E-state index is 0.0159. The quantitative estimate of drug-likeness (QED) is 0.113. The molecule has 0 atom stereocenters. The lowest BCUT2D eigenvalue weighted by Crippen LogP contribution is -2.04. The molecule has 2 nitrogen and oxygen atoms in total. The summed E-state index contributed by atoms with van der Waals surface area (Å²) in [4.78, 5) is 11.4. The van der Waals surface area contributed by atoms with Crippen molar-refractivity contribution in [3.63, 3.8) is 0 Å². The second-order valence-corrected chi connectivity index (χ2v) is 7.97. The smallest absolute Gasteiger partial charge is 0.305 e. The van der Waals surface area contributed by atoms with E-state index in [2.05, 4.69) is 19.1 Å². The van der Waals surface area contributed by atoms with Gasteiger partial charge in [-0.25, -0.2) is 0 Å². The Labute approximate surface area is 170 Å². The molecule has 0 N–H and O–H groups in total. The molecule has 0 bridgehead atoms. The minimum atomic E-state index is -0.0159. The van der Waals surface area contributed by atoms with Crippen molar-refractivity contribution in [3.8, 4) is 0 Å². The van der Waals surface area contributed by atoms with E-state index in [1.54, 1.807) is 0 Å². The van der Waals surface area contributed by atoms with E-state index in [4.69, 9.17) is 4.74 Å². The molecule has 0 aromatic heterocycles. The lowest BCUT2D eigenvalue weighted by molar-refractivity contribution is -0.143. The number of hydrogen-bond acceptors (Lipinski definition) is 2. The van der Waals surface area contributed by atoms with Crippen LogP contribution in [0.5, 0.6) is 0 Å². The van der Waals surface area contributed by atoms with Gasteiger partial charge in [-0.3, -0.25) is 4.79 Å². The van der Waals surface area contributed by atoms with Gasteiger partial charge in [0.05, 0.1) is 6.61 Å². The zero-order valence-electron chi connectivity index (χ0n) is 18.6. The average Bonchev–Trinajstić information content (AvgIpc) is 2.68. The van der Waals surface area contributed by atoms with E-state index < -0.39 is 0 Å². The molecular weight excluding hydrogens is 332 g/mol. The van der Waals surface area contributed by atoms with Gasteiger partial charge in [0.15, 0.2) is 0 Å². The fraction of sp³-hybridized carbons (Fsp3) is 0.880. The van der Waals surface area contributed by atoms with Crippen molar-refractivity contribution in [2.45, 2.75) is 136 Å². The number of carbonyl (C=O) groups is 1. The normalized spacial score (nSPS) is 11.3. The fourth-order valence-electron chi connectivity index (χ4n) is 3.34. The predicted octanol–water partition coefficient (Wildman–Crippen LogP) is 8.54. The molecule has 0 fully saturated rings. The molecule has 0 aliphatic carbocycles. The molecule has 0 saturated heterocycles. The van der Waals surface area contributed by atoms with E-state index in [1.807, 2.05) is 6.92 Å². The van der Waals surface area contributed by atoms with Crippen LogP contribution in [-0.4, -0.2) is 12.6 Å². The van der Waals surface area contributed by atoms with Gasteiger partial charge in [0.25, 0.3) is 0 Å². The third-order valence-electron chi connectivity index (χ3n) is 5.11. The van der Waals surface area contributed by atoms with E-state index in [-0.39, 0.29) is 5.97 Å². The molecule has 0 amide bonds. The van der Waals surface area contributed by atoms with E-state index in [0.29, 0.717) is 13.0 Å². The van der Waals surface area contributed by atoms with Gasteiger partial charge in [-0.05, 0) is 38.5 Å². The number of carbonyl (C=O) groups excluding carboxylic acids is 1. The van der Waals surface area contributed by atoms with E-state index in [1.165, 1.54) is 103 Å². The van der Waals surface area contributed by atoms with Crippen molar-refractivity contribution in [1.82, 2.24) is 0 Å². The fourth-order valence-corrected chi connectivity index (χ4v) is 3.34. The molecule has 0 spiro atoms. The van der Waals surface area contributed by atoms with Gasteiger partial charge >= 0.3 is 5.97 Å². The monoisotopic (exact) mass is 380 g/mol. The Morgan fingerprint density at radius 2 is 1.04 bits per heavy atom. The highest BCUT2D eigenvalue weighted by Crippen LogP contribution is 2.12. The van der Waals surface area contributed by atoms with Crippen LogP contribution in [0.4, 0.5) is 0 Å². The molecule has 0 rings (SSSR count). The summed E-state index contributed by atoms with van der Waals surface area (Å²) in [5, 5.41) is 0. The number of ether oxygens (including phenoxy) is 1. The molecule has 0 saturated carbocycles. The number of unbranched alkanes of at least 4 members (excludes halogenated alkanes) is 15. The maximum absolute atomic E-state index is 11.4. The van der Waals surface area contributed by atoms with Crippen LogP contribution in [0.3, 0.4) is 0 Å². The summed E-state index contributed by atoms with van der Waals surface area (Å²) in [6.45, 7) is 4.88. The maximum atomic E-state index is 11.4. The van der Waals surface area contributed by atoms with Crippen LogP contribution < -0.4 is 0 Å². The Morgan fingerprint density at radius 1 is 0.593 bits per heavy atom. The Kier molecular flexibility index (Phi) is 22.6. The molecule has 0 unspecified atom stereocenters. The van der Waals surface area contributed by atoms with Crippen molar-refractivity contribution >= 4 is 5.97 Å². The van der Waals surface area contributed by atoms with Crippen LogP contribution >= 0.6 is 0 Å².